The molecule has 1 unspecified atom stereocenters. The summed E-state index contributed by atoms with van der Waals surface area (Å²) in [7, 11) is 0. The van der Waals surface area contributed by atoms with Gasteiger partial charge in [-0.2, -0.15) is 0 Å². The first-order chi connectivity index (χ1) is 9.55. The number of aromatic nitrogens is 2. The molecule has 0 saturated carbocycles. The van der Waals surface area contributed by atoms with E-state index in [1.54, 1.807) is 11.8 Å². The summed E-state index contributed by atoms with van der Waals surface area (Å²) >= 11 is 1.70. The molecule has 1 atom stereocenters. The first kappa shape index (κ1) is 17.4. The van der Waals surface area contributed by atoms with Gasteiger partial charge in [-0.05, 0) is 45.7 Å². The molecule has 0 amide bonds. The van der Waals surface area contributed by atoms with Crippen LogP contribution in [0.4, 0.5) is 0 Å². The number of hydrogen-bond acceptors (Lipinski definition) is 5. The molecule has 1 aromatic rings. The van der Waals surface area contributed by atoms with E-state index in [0.29, 0.717) is 0 Å². The molecule has 0 spiro atoms. The summed E-state index contributed by atoms with van der Waals surface area (Å²) in [5.41, 5.74) is 1.91. The van der Waals surface area contributed by atoms with Crippen molar-refractivity contribution < 1.29 is 5.11 Å². The van der Waals surface area contributed by atoms with Crippen LogP contribution in [0.25, 0.3) is 0 Å². The summed E-state index contributed by atoms with van der Waals surface area (Å²) < 4.78 is 0. The van der Waals surface area contributed by atoms with E-state index in [1.165, 1.54) is 0 Å². The third-order valence-electron chi connectivity index (χ3n) is 3.52. The first-order valence-corrected chi connectivity index (χ1v) is 8.34. The van der Waals surface area contributed by atoms with E-state index in [0.717, 1.165) is 48.1 Å². The number of nitrogens with one attached hydrogen (secondary N) is 1. The highest BCUT2D eigenvalue weighted by Crippen LogP contribution is 2.21. The number of nitrogens with zero attached hydrogens (tertiary/aromatic N) is 2. The maximum atomic E-state index is 9.60. The maximum absolute atomic E-state index is 9.60. The summed E-state index contributed by atoms with van der Waals surface area (Å²) in [6, 6.07) is 1.99. The van der Waals surface area contributed by atoms with Gasteiger partial charge in [0.1, 0.15) is 0 Å². The zero-order valence-corrected chi connectivity index (χ0v) is 13.9. The number of hydrogen-bond donors (Lipinski definition) is 2. The van der Waals surface area contributed by atoms with Gasteiger partial charge in [0.25, 0.3) is 0 Å². The molecule has 2 N–H and O–H groups in total. The second kappa shape index (κ2) is 8.60. The Morgan fingerprint density at radius 1 is 1.25 bits per heavy atom. The van der Waals surface area contributed by atoms with Gasteiger partial charge in [-0.1, -0.05) is 25.6 Å². The smallest absolute Gasteiger partial charge is 0.187 e. The SMILES string of the molecule is CCNC(CC)(CO)CCCSc1nc(C)cc(C)n1. The van der Waals surface area contributed by atoms with Crippen molar-refractivity contribution in [2.45, 2.75) is 57.7 Å². The Labute approximate surface area is 126 Å². The molecule has 0 fully saturated rings. The predicted octanol–water partition coefficient (Wildman–Crippen LogP) is 2.72. The van der Waals surface area contributed by atoms with Gasteiger partial charge >= 0.3 is 0 Å². The second-order valence-corrected chi connectivity index (χ2v) is 6.27. The largest absolute Gasteiger partial charge is 0.394 e. The lowest BCUT2D eigenvalue weighted by Gasteiger charge is -2.31. The fourth-order valence-electron chi connectivity index (χ4n) is 2.34. The van der Waals surface area contributed by atoms with Gasteiger partial charge < -0.3 is 10.4 Å². The number of aliphatic hydroxyl groups is 1. The van der Waals surface area contributed by atoms with Crippen LogP contribution in [0.1, 0.15) is 44.5 Å². The van der Waals surface area contributed by atoms with Gasteiger partial charge in [0.05, 0.1) is 6.61 Å². The number of thioether (sulfide) groups is 1. The zero-order chi connectivity index (χ0) is 15.0. The van der Waals surface area contributed by atoms with Crippen LogP contribution in [-0.2, 0) is 0 Å². The molecule has 5 heteroatoms. The van der Waals surface area contributed by atoms with Crippen LogP contribution in [0, 0.1) is 13.8 Å². The molecule has 20 heavy (non-hydrogen) atoms. The Bertz CT molecular complexity index is 388. The Kier molecular flexibility index (Phi) is 7.48. The van der Waals surface area contributed by atoms with Crippen molar-refractivity contribution in [3.63, 3.8) is 0 Å². The summed E-state index contributed by atoms with van der Waals surface area (Å²) in [6.07, 6.45) is 2.97. The van der Waals surface area contributed by atoms with Gasteiger partial charge in [-0.3, -0.25) is 0 Å². The maximum Gasteiger partial charge on any atom is 0.187 e. The molecule has 4 nitrogen and oxygen atoms in total. The molecule has 0 aliphatic heterocycles. The number of aryl methyl sites for hydroxylation is 2. The summed E-state index contributed by atoms with van der Waals surface area (Å²) in [5, 5.41) is 13.9. The van der Waals surface area contributed by atoms with Crippen molar-refractivity contribution in [1.82, 2.24) is 15.3 Å². The number of rotatable bonds is 9. The predicted molar refractivity (Wildman–Crippen MR) is 85.2 cm³/mol. The van der Waals surface area contributed by atoms with E-state index in [1.807, 2.05) is 19.9 Å². The van der Waals surface area contributed by atoms with E-state index in [4.69, 9.17) is 0 Å². The van der Waals surface area contributed by atoms with Gasteiger partial charge in [0, 0.05) is 22.7 Å². The first-order valence-electron chi connectivity index (χ1n) is 7.36. The van der Waals surface area contributed by atoms with E-state index in [-0.39, 0.29) is 12.1 Å². The zero-order valence-electron chi connectivity index (χ0n) is 13.1. The molecule has 0 bridgehead atoms. The molecule has 0 saturated heterocycles. The lowest BCUT2D eigenvalue weighted by Crippen LogP contribution is -2.48. The highest BCUT2D eigenvalue weighted by molar-refractivity contribution is 7.99. The fraction of sp³-hybridized carbons (Fsp3) is 0.733. The standard InChI is InChI=1S/C15H27N3OS/c1-5-15(11-19,16-6-2)8-7-9-20-14-17-12(3)10-13(4)18-14/h10,16,19H,5-9,11H2,1-4H3. The third-order valence-corrected chi connectivity index (χ3v) is 4.46. The van der Waals surface area contributed by atoms with E-state index in [2.05, 4.69) is 29.1 Å². The Hall–Kier alpha value is -0.650. The quantitative estimate of drug-likeness (QED) is 0.417. The van der Waals surface area contributed by atoms with E-state index in [9.17, 15) is 5.11 Å². The topological polar surface area (TPSA) is 58.0 Å². The Morgan fingerprint density at radius 2 is 1.90 bits per heavy atom. The minimum atomic E-state index is -0.126. The molecule has 114 valence electrons. The molecule has 0 radical (unpaired) electrons. The lowest BCUT2D eigenvalue weighted by atomic mass is 9.91. The van der Waals surface area contributed by atoms with Crippen molar-refractivity contribution in [1.29, 1.82) is 0 Å². The van der Waals surface area contributed by atoms with Crippen molar-refractivity contribution in [3.8, 4) is 0 Å². The van der Waals surface area contributed by atoms with Gasteiger partial charge in [-0.15, -0.1) is 0 Å². The van der Waals surface area contributed by atoms with Crippen molar-refractivity contribution >= 4 is 11.8 Å². The van der Waals surface area contributed by atoms with E-state index >= 15 is 0 Å². The number of likely N-dealkylation sites (N-methyl/N-ethyl adjacent to an activating group) is 1. The van der Waals surface area contributed by atoms with Gasteiger partial charge in [-0.25, -0.2) is 9.97 Å². The Morgan fingerprint density at radius 3 is 2.40 bits per heavy atom. The van der Waals surface area contributed by atoms with Crippen molar-refractivity contribution in [3.05, 3.63) is 17.5 Å². The lowest BCUT2D eigenvalue weighted by molar-refractivity contribution is 0.148. The third kappa shape index (κ3) is 5.38. The van der Waals surface area contributed by atoms with Crippen LogP contribution < -0.4 is 5.32 Å². The minimum absolute atomic E-state index is 0.126. The van der Waals surface area contributed by atoms with Gasteiger partial charge in [0.15, 0.2) is 5.16 Å². The summed E-state index contributed by atoms with van der Waals surface area (Å²) in [4.78, 5) is 8.86. The highest BCUT2D eigenvalue weighted by atomic mass is 32.2. The van der Waals surface area contributed by atoms with Gasteiger partial charge in [0.2, 0.25) is 0 Å². The average Bonchev–Trinajstić information content (AvgIpc) is 2.41. The monoisotopic (exact) mass is 297 g/mol. The summed E-state index contributed by atoms with van der Waals surface area (Å²) in [5.74, 6) is 0.982. The van der Waals surface area contributed by atoms with Crippen LogP contribution in [0.2, 0.25) is 0 Å². The molecular formula is C15H27N3OS. The molecule has 1 heterocycles. The van der Waals surface area contributed by atoms with Crippen molar-refractivity contribution in [2.24, 2.45) is 0 Å². The fourth-order valence-corrected chi connectivity index (χ4v) is 3.23. The normalized spacial score (nSPS) is 14.2. The van der Waals surface area contributed by atoms with Crippen LogP contribution in [0.3, 0.4) is 0 Å². The van der Waals surface area contributed by atoms with Crippen molar-refractivity contribution in [2.75, 3.05) is 18.9 Å². The van der Waals surface area contributed by atoms with Crippen LogP contribution >= 0.6 is 11.8 Å². The Balaban J connectivity index is 2.43. The average molecular weight is 297 g/mol. The minimum Gasteiger partial charge on any atom is -0.394 e. The molecule has 1 rings (SSSR count). The molecule has 1 aromatic heterocycles. The highest BCUT2D eigenvalue weighted by Gasteiger charge is 2.25. The van der Waals surface area contributed by atoms with Crippen LogP contribution in [-0.4, -0.2) is 39.5 Å². The molecular weight excluding hydrogens is 270 g/mol. The molecule has 0 aliphatic rings. The van der Waals surface area contributed by atoms with E-state index < -0.39 is 0 Å². The number of aliphatic hydroxyl groups excluding tert-OH is 1. The van der Waals surface area contributed by atoms with Crippen LogP contribution in [0.5, 0.6) is 0 Å². The van der Waals surface area contributed by atoms with Crippen LogP contribution in [0.15, 0.2) is 11.2 Å². The summed E-state index contributed by atoms with van der Waals surface area (Å²) in [6.45, 7) is 9.29. The molecule has 0 aromatic carbocycles. The second-order valence-electron chi connectivity index (χ2n) is 5.21. The molecule has 0 aliphatic carbocycles.